The van der Waals surface area contributed by atoms with E-state index in [1.165, 1.54) is 6.42 Å². The first-order valence-electron chi connectivity index (χ1n) is 7.15. The average molecular weight is 241 g/mol. The quantitative estimate of drug-likeness (QED) is 0.790. The van der Waals surface area contributed by atoms with Crippen molar-refractivity contribution in [3.8, 4) is 0 Å². The van der Waals surface area contributed by atoms with Crippen molar-refractivity contribution < 1.29 is 10.2 Å². The maximum absolute atomic E-state index is 10.5. The molecule has 0 radical (unpaired) electrons. The Hall–Kier alpha value is -0.120. The minimum Gasteiger partial charge on any atom is -0.389 e. The molecule has 0 aromatic rings. The van der Waals surface area contributed by atoms with Gasteiger partial charge in [-0.25, -0.2) is 0 Å². The zero-order valence-electron chi connectivity index (χ0n) is 11.1. The molecule has 0 aliphatic heterocycles. The number of nitrogens with zero attached hydrogens (tertiary/aromatic N) is 1. The van der Waals surface area contributed by atoms with Gasteiger partial charge in [-0.3, -0.25) is 0 Å². The first-order chi connectivity index (χ1) is 8.02. The van der Waals surface area contributed by atoms with Crippen LogP contribution in [0.2, 0.25) is 0 Å². The summed E-state index contributed by atoms with van der Waals surface area (Å²) in [5.74, 6) is 0. The van der Waals surface area contributed by atoms with Gasteiger partial charge in [-0.1, -0.05) is 32.1 Å². The highest BCUT2D eigenvalue weighted by atomic mass is 16.3. The zero-order valence-corrected chi connectivity index (χ0v) is 11.1. The monoisotopic (exact) mass is 241 g/mol. The molecule has 0 unspecified atom stereocenters. The third-order valence-electron chi connectivity index (χ3n) is 4.45. The largest absolute Gasteiger partial charge is 0.389 e. The third kappa shape index (κ3) is 3.67. The highest BCUT2D eigenvalue weighted by molar-refractivity contribution is 4.90. The molecule has 2 fully saturated rings. The van der Waals surface area contributed by atoms with Gasteiger partial charge in [-0.2, -0.15) is 0 Å². The van der Waals surface area contributed by atoms with Gasteiger partial charge in [0.15, 0.2) is 0 Å². The highest BCUT2D eigenvalue weighted by Crippen LogP contribution is 2.32. The van der Waals surface area contributed by atoms with E-state index in [0.717, 1.165) is 64.5 Å². The van der Waals surface area contributed by atoms with E-state index in [-0.39, 0.29) is 0 Å². The van der Waals surface area contributed by atoms with Gasteiger partial charge in [-0.05, 0) is 32.7 Å². The Labute approximate surface area is 105 Å². The summed E-state index contributed by atoms with van der Waals surface area (Å²) in [4.78, 5) is 2.14. The van der Waals surface area contributed by atoms with E-state index in [9.17, 15) is 10.2 Å². The molecule has 100 valence electrons. The van der Waals surface area contributed by atoms with E-state index in [4.69, 9.17) is 0 Å². The van der Waals surface area contributed by atoms with Crippen LogP contribution in [0.3, 0.4) is 0 Å². The number of rotatable bonds is 4. The lowest BCUT2D eigenvalue weighted by molar-refractivity contribution is -0.0448. The maximum atomic E-state index is 10.5. The van der Waals surface area contributed by atoms with Gasteiger partial charge in [0.2, 0.25) is 0 Å². The lowest BCUT2D eigenvalue weighted by atomic mass is 9.84. The molecular weight excluding hydrogens is 214 g/mol. The van der Waals surface area contributed by atoms with Crippen LogP contribution < -0.4 is 0 Å². The van der Waals surface area contributed by atoms with Gasteiger partial charge in [-0.15, -0.1) is 0 Å². The second kappa shape index (κ2) is 5.25. The van der Waals surface area contributed by atoms with Crippen molar-refractivity contribution in [2.75, 3.05) is 20.1 Å². The normalized spacial score (nSPS) is 27.5. The van der Waals surface area contributed by atoms with Crippen LogP contribution in [0.15, 0.2) is 0 Å². The first kappa shape index (κ1) is 13.3. The molecule has 0 aromatic carbocycles. The van der Waals surface area contributed by atoms with E-state index in [1.54, 1.807) is 0 Å². The summed E-state index contributed by atoms with van der Waals surface area (Å²) in [6.07, 6.45) is 9.56. The molecule has 17 heavy (non-hydrogen) atoms. The van der Waals surface area contributed by atoms with Crippen LogP contribution in [0, 0.1) is 0 Å². The average Bonchev–Trinajstić information content (AvgIpc) is 2.64. The summed E-state index contributed by atoms with van der Waals surface area (Å²) in [6.45, 7) is 1.44. The Morgan fingerprint density at radius 3 is 1.53 bits per heavy atom. The molecule has 3 heteroatoms. The molecule has 3 nitrogen and oxygen atoms in total. The molecule has 0 saturated heterocycles. The minimum atomic E-state index is -0.498. The van der Waals surface area contributed by atoms with E-state index in [0.29, 0.717) is 0 Å². The summed E-state index contributed by atoms with van der Waals surface area (Å²) in [5, 5.41) is 20.8. The Morgan fingerprint density at radius 1 is 0.765 bits per heavy atom. The molecular formula is C14H27NO2. The fraction of sp³-hybridized carbons (Fsp3) is 1.00. The molecule has 0 bridgehead atoms. The Bertz CT molecular complexity index is 243. The van der Waals surface area contributed by atoms with Crippen LogP contribution in [0.5, 0.6) is 0 Å². The minimum absolute atomic E-state index is 0.486. The van der Waals surface area contributed by atoms with Crippen molar-refractivity contribution >= 4 is 0 Å². The molecule has 2 aliphatic rings. The zero-order chi connectivity index (χ0) is 12.4. The molecule has 0 heterocycles. The maximum Gasteiger partial charge on any atom is 0.0774 e. The summed E-state index contributed by atoms with van der Waals surface area (Å²) >= 11 is 0. The predicted octanol–water partition coefficient (Wildman–Crippen LogP) is 1.92. The smallest absolute Gasteiger partial charge is 0.0774 e. The lowest BCUT2D eigenvalue weighted by Gasteiger charge is -2.37. The lowest BCUT2D eigenvalue weighted by Crippen LogP contribution is -2.48. The van der Waals surface area contributed by atoms with Crippen LogP contribution in [-0.2, 0) is 0 Å². The van der Waals surface area contributed by atoms with Gasteiger partial charge < -0.3 is 15.1 Å². The van der Waals surface area contributed by atoms with Crippen molar-refractivity contribution in [1.82, 2.24) is 4.90 Å². The molecule has 0 amide bonds. The second-order valence-electron chi connectivity index (χ2n) is 6.39. The first-order valence-corrected chi connectivity index (χ1v) is 7.15. The summed E-state index contributed by atoms with van der Waals surface area (Å²) in [6, 6.07) is 0. The van der Waals surface area contributed by atoms with Crippen LogP contribution in [0.25, 0.3) is 0 Å². The molecule has 0 atom stereocenters. The second-order valence-corrected chi connectivity index (χ2v) is 6.39. The standard InChI is InChI=1S/C14H27NO2/c1-15(12-14(17)9-5-6-10-14)11-13(16)7-3-2-4-8-13/h16-17H,2-12H2,1H3. The van der Waals surface area contributed by atoms with Gasteiger partial charge in [0.1, 0.15) is 0 Å². The summed E-state index contributed by atoms with van der Waals surface area (Å²) in [7, 11) is 2.03. The number of hydrogen-bond acceptors (Lipinski definition) is 3. The number of hydrogen-bond donors (Lipinski definition) is 2. The van der Waals surface area contributed by atoms with Crippen LogP contribution in [-0.4, -0.2) is 46.5 Å². The molecule has 0 spiro atoms. The van der Waals surface area contributed by atoms with Crippen molar-refractivity contribution in [2.24, 2.45) is 0 Å². The fourth-order valence-electron chi connectivity index (χ4n) is 3.62. The topological polar surface area (TPSA) is 43.7 Å². The SMILES string of the molecule is CN(CC1(O)CCCCC1)CC1(O)CCCC1. The Kier molecular flexibility index (Phi) is 4.11. The van der Waals surface area contributed by atoms with E-state index >= 15 is 0 Å². The summed E-state index contributed by atoms with van der Waals surface area (Å²) in [5.41, 5.74) is -0.984. The van der Waals surface area contributed by atoms with Crippen molar-refractivity contribution in [3.05, 3.63) is 0 Å². The Morgan fingerprint density at radius 2 is 1.12 bits per heavy atom. The molecule has 2 N–H and O–H groups in total. The fourth-order valence-corrected chi connectivity index (χ4v) is 3.62. The number of aliphatic hydroxyl groups is 2. The van der Waals surface area contributed by atoms with Crippen LogP contribution >= 0.6 is 0 Å². The Balaban J connectivity index is 1.81. The molecule has 0 aromatic heterocycles. The van der Waals surface area contributed by atoms with Gasteiger partial charge >= 0.3 is 0 Å². The van der Waals surface area contributed by atoms with E-state index in [1.807, 2.05) is 7.05 Å². The van der Waals surface area contributed by atoms with Gasteiger partial charge in [0, 0.05) is 13.1 Å². The van der Waals surface area contributed by atoms with Gasteiger partial charge in [0.05, 0.1) is 11.2 Å². The molecule has 2 aliphatic carbocycles. The molecule has 2 rings (SSSR count). The highest BCUT2D eigenvalue weighted by Gasteiger charge is 2.35. The number of likely N-dealkylation sites (N-methyl/N-ethyl adjacent to an activating group) is 1. The van der Waals surface area contributed by atoms with Crippen molar-refractivity contribution in [3.63, 3.8) is 0 Å². The molecule has 2 saturated carbocycles. The van der Waals surface area contributed by atoms with Gasteiger partial charge in [0.25, 0.3) is 0 Å². The van der Waals surface area contributed by atoms with Crippen LogP contribution in [0.1, 0.15) is 57.8 Å². The van der Waals surface area contributed by atoms with E-state index in [2.05, 4.69) is 4.90 Å². The van der Waals surface area contributed by atoms with Crippen LogP contribution in [0.4, 0.5) is 0 Å². The third-order valence-corrected chi connectivity index (χ3v) is 4.45. The van der Waals surface area contributed by atoms with E-state index < -0.39 is 11.2 Å². The predicted molar refractivity (Wildman–Crippen MR) is 68.9 cm³/mol. The van der Waals surface area contributed by atoms with Crippen molar-refractivity contribution in [1.29, 1.82) is 0 Å². The van der Waals surface area contributed by atoms with Crippen molar-refractivity contribution in [2.45, 2.75) is 69.0 Å². The summed E-state index contributed by atoms with van der Waals surface area (Å²) < 4.78 is 0.